The lowest BCUT2D eigenvalue weighted by atomic mass is 9.77. The molecule has 0 heterocycles. The van der Waals surface area contributed by atoms with Gasteiger partial charge >= 0.3 is 6.18 Å². The second-order valence-electron chi connectivity index (χ2n) is 9.05. The van der Waals surface area contributed by atoms with Crippen LogP contribution in [0.25, 0.3) is 6.08 Å². The molecule has 0 unspecified atom stereocenters. The van der Waals surface area contributed by atoms with Gasteiger partial charge in [-0.3, -0.25) is 0 Å². The number of unbranched alkanes of at least 4 members (excludes halogenated alkanes) is 2. The minimum Gasteiger partial charge on any atom is -0.206 e. The van der Waals surface area contributed by atoms with Gasteiger partial charge < -0.3 is 0 Å². The fourth-order valence-corrected chi connectivity index (χ4v) is 4.54. The summed E-state index contributed by atoms with van der Waals surface area (Å²) in [6.45, 7) is 2.17. The van der Waals surface area contributed by atoms with Crippen LogP contribution in [0.1, 0.15) is 86.5 Å². The van der Waals surface area contributed by atoms with Gasteiger partial charge in [-0.25, -0.2) is 17.6 Å². The molecule has 3 rings (SSSR count). The van der Waals surface area contributed by atoms with Crippen molar-refractivity contribution in [3.8, 4) is 11.8 Å². The number of hydrogen-bond donors (Lipinski definition) is 0. The molecule has 0 bridgehead atoms. The average Bonchev–Trinajstić information content (AvgIpc) is 2.78. The van der Waals surface area contributed by atoms with Crippen LogP contribution in [-0.4, -0.2) is 6.18 Å². The molecule has 0 saturated heterocycles. The maximum Gasteiger partial charge on any atom is 0.409 e. The van der Waals surface area contributed by atoms with Gasteiger partial charge in [-0.05, 0) is 73.4 Å². The van der Waals surface area contributed by atoms with Crippen molar-refractivity contribution in [2.45, 2.75) is 70.4 Å². The van der Waals surface area contributed by atoms with Gasteiger partial charge in [0.15, 0.2) is 0 Å². The van der Waals surface area contributed by atoms with Crippen molar-refractivity contribution in [3.05, 3.63) is 75.9 Å². The lowest BCUT2D eigenvalue weighted by Gasteiger charge is -2.29. The molecule has 0 atom stereocenters. The summed E-state index contributed by atoms with van der Waals surface area (Å²) >= 11 is 0. The predicted molar refractivity (Wildman–Crippen MR) is 123 cm³/mol. The molecule has 35 heavy (non-hydrogen) atoms. The van der Waals surface area contributed by atoms with Crippen molar-refractivity contribution in [3.63, 3.8) is 0 Å². The maximum atomic E-state index is 14.7. The van der Waals surface area contributed by atoms with E-state index in [9.17, 15) is 30.7 Å². The van der Waals surface area contributed by atoms with Crippen LogP contribution in [0.15, 0.2) is 30.3 Å². The van der Waals surface area contributed by atoms with Crippen LogP contribution in [0.5, 0.6) is 0 Å². The van der Waals surface area contributed by atoms with Crippen molar-refractivity contribution in [2.75, 3.05) is 0 Å². The van der Waals surface area contributed by atoms with Gasteiger partial charge in [0, 0.05) is 17.2 Å². The normalized spacial score (nSPS) is 18.5. The summed E-state index contributed by atoms with van der Waals surface area (Å²) in [6, 6.07) is 3.97. The van der Waals surface area contributed by atoms with Crippen LogP contribution in [0.4, 0.5) is 30.7 Å². The Hall–Kier alpha value is -2.75. The topological polar surface area (TPSA) is 0 Å². The van der Waals surface area contributed by atoms with E-state index in [2.05, 4.69) is 18.8 Å². The van der Waals surface area contributed by atoms with Crippen molar-refractivity contribution in [1.82, 2.24) is 0 Å². The SMILES string of the molecule is CCCCCC1CCC(c2cc(F)c(C#Cc3cc(F)c(/C=C\C(F)(F)F)c(F)c3)c(F)c2)CC1. The minimum atomic E-state index is -4.73. The van der Waals surface area contributed by atoms with E-state index in [4.69, 9.17) is 0 Å². The Labute approximate surface area is 201 Å². The van der Waals surface area contributed by atoms with E-state index >= 15 is 0 Å². The summed E-state index contributed by atoms with van der Waals surface area (Å²) < 4.78 is 94.3. The lowest BCUT2D eigenvalue weighted by Crippen LogP contribution is -2.14. The van der Waals surface area contributed by atoms with E-state index in [-0.39, 0.29) is 23.6 Å². The van der Waals surface area contributed by atoms with Gasteiger partial charge in [-0.15, -0.1) is 0 Å². The second-order valence-corrected chi connectivity index (χ2v) is 9.05. The van der Waals surface area contributed by atoms with Crippen LogP contribution in [-0.2, 0) is 0 Å². The van der Waals surface area contributed by atoms with E-state index in [1.54, 1.807) is 0 Å². The first-order valence-electron chi connectivity index (χ1n) is 11.8. The molecule has 1 saturated carbocycles. The molecule has 2 aromatic carbocycles. The molecule has 0 nitrogen and oxygen atoms in total. The third kappa shape index (κ3) is 7.62. The van der Waals surface area contributed by atoms with Crippen LogP contribution < -0.4 is 0 Å². The highest BCUT2D eigenvalue weighted by atomic mass is 19.4. The summed E-state index contributed by atoms with van der Waals surface area (Å²) in [5.74, 6) is 1.04. The molecule has 0 N–H and O–H groups in total. The second kappa shape index (κ2) is 11.8. The quantitative estimate of drug-likeness (QED) is 0.213. The number of rotatable bonds is 6. The third-order valence-electron chi connectivity index (χ3n) is 6.45. The Bertz CT molecular complexity index is 1060. The Balaban J connectivity index is 1.73. The number of alkyl halides is 3. The molecule has 1 aliphatic rings. The highest BCUT2D eigenvalue weighted by molar-refractivity contribution is 5.55. The fraction of sp³-hybridized carbons (Fsp3) is 0.429. The molecule has 0 amide bonds. The van der Waals surface area contributed by atoms with Gasteiger partial charge in [-0.1, -0.05) is 44.4 Å². The van der Waals surface area contributed by atoms with Gasteiger partial charge in [0.2, 0.25) is 0 Å². The first-order valence-corrected chi connectivity index (χ1v) is 11.8. The molecule has 1 fully saturated rings. The molecule has 1 aliphatic carbocycles. The Kier molecular flexibility index (Phi) is 9.04. The number of hydrogen-bond acceptors (Lipinski definition) is 0. The van der Waals surface area contributed by atoms with E-state index in [0.717, 1.165) is 37.8 Å². The first-order chi connectivity index (χ1) is 16.6. The molecule has 0 radical (unpaired) electrons. The van der Waals surface area contributed by atoms with Crippen molar-refractivity contribution < 1.29 is 30.7 Å². The standard InChI is InChI=1S/C28H27F7/c1-2-3-4-5-18-6-9-20(10-7-18)21-16-26(31)22(27(32)17-21)11-8-19-14-24(29)23(25(30)15-19)12-13-28(33,34)35/h12-18,20H,2-7,9-10H2,1H3/b13-12-. The van der Waals surface area contributed by atoms with E-state index in [1.807, 2.05) is 0 Å². The van der Waals surface area contributed by atoms with Gasteiger partial charge in [0.05, 0.1) is 5.56 Å². The van der Waals surface area contributed by atoms with Crippen LogP contribution in [0.3, 0.4) is 0 Å². The van der Waals surface area contributed by atoms with Crippen molar-refractivity contribution >= 4 is 6.08 Å². The zero-order valence-electron chi connectivity index (χ0n) is 19.4. The fourth-order valence-electron chi connectivity index (χ4n) is 4.54. The number of benzene rings is 2. The summed E-state index contributed by atoms with van der Waals surface area (Å²) in [7, 11) is 0. The van der Waals surface area contributed by atoms with Crippen LogP contribution >= 0.6 is 0 Å². The summed E-state index contributed by atoms with van der Waals surface area (Å²) in [5.41, 5.74) is -1.08. The molecular weight excluding hydrogens is 469 g/mol. The van der Waals surface area contributed by atoms with E-state index in [1.165, 1.54) is 37.8 Å². The number of halogens is 7. The smallest absolute Gasteiger partial charge is 0.206 e. The molecule has 0 aliphatic heterocycles. The maximum absolute atomic E-state index is 14.7. The highest BCUT2D eigenvalue weighted by Crippen LogP contribution is 2.38. The zero-order chi connectivity index (χ0) is 25.6. The van der Waals surface area contributed by atoms with Gasteiger partial charge in [0.1, 0.15) is 23.3 Å². The highest BCUT2D eigenvalue weighted by Gasteiger charge is 2.24. The Morgan fingerprint density at radius 2 is 1.43 bits per heavy atom. The third-order valence-corrected chi connectivity index (χ3v) is 6.45. The van der Waals surface area contributed by atoms with Gasteiger partial charge in [-0.2, -0.15) is 13.2 Å². The van der Waals surface area contributed by atoms with E-state index < -0.39 is 40.6 Å². The largest absolute Gasteiger partial charge is 0.409 e. The molecule has 2 aromatic rings. The van der Waals surface area contributed by atoms with Crippen molar-refractivity contribution in [1.29, 1.82) is 0 Å². The summed E-state index contributed by atoms with van der Waals surface area (Å²) in [5, 5.41) is 0. The monoisotopic (exact) mass is 496 g/mol. The van der Waals surface area contributed by atoms with E-state index in [0.29, 0.717) is 11.5 Å². The van der Waals surface area contributed by atoms with Gasteiger partial charge in [0.25, 0.3) is 0 Å². The first kappa shape index (κ1) is 26.8. The lowest BCUT2D eigenvalue weighted by molar-refractivity contribution is -0.0790. The summed E-state index contributed by atoms with van der Waals surface area (Å²) in [4.78, 5) is 0. The van der Waals surface area contributed by atoms with Crippen LogP contribution in [0, 0.1) is 41.0 Å². The Morgan fingerprint density at radius 3 is 1.97 bits per heavy atom. The predicted octanol–water partition coefficient (Wildman–Crippen LogP) is 9.07. The van der Waals surface area contributed by atoms with Crippen LogP contribution in [0.2, 0.25) is 0 Å². The minimum absolute atomic E-state index is 0.0731. The number of allylic oxidation sites excluding steroid dienone is 1. The average molecular weight is 497 g/mol. The Morgan fingerprint density at radius 1 is 0.829 bits per heavy atom. The molecule has 0 aromatic heterocycles. The zero-order valence-corrected chi connectivity index (χ0v) is 19.4. The molecule has 188 valence electrons. The molecule has 7 heteroatoms. The molecular formula is C28H27F7. The molecule has 0 spiro atoms. The summed E-state index contributed by atoms with van der Waals surface area (Å²) in [6.07, 6.45) is 3.87. The van der Waals surface area contributed by atoms with Crippen molar-refractivity contribution in [2.24, 2.45) is 5.92 Å².